The highest BCUT2D eigenvalue weighted by Crippen LogP contribution is 2.38. The minimum Gasteiger partial charge on any atom is -0.494 e. The van der Waals surface area contributed by atoms with Crippen LogP contribution in [0.2, 0.25) is 5.02 Å². The van der Waals surface area contributed by atoms with E-state index in [0.29, 0.717) is 29.1 Å². The Bertz CT molecular complexity index is 1360. The van der Waals surface area contributed by atoms with Crippen molar-refractivity contribution in [2.75, 3.05) is 13.7 Å². The van der Waals surface area contributed by atoms with Crippen molar-refractivity contribution < 1.29 is 9.53 Å². The second-order valence-corrected chi connectivity index (χ2v) is 11.0. The highest BCUT2D eigenvalue weighted by Gasteiger charge is 2.32. The van der Waals surface area contributed by atoms with Crippen molar-refractivity contribution in [3.8, 4) is 16.9 Å². The fraction of sp³-hybridized carbons (Fsp3) is 0.323. The van der Waals surface area contributed by atoms with Gasteiger partial charge in [-0.25, -0.2) is 0 Å². The molecule has 0 spiro atoms. The zero-order valence-electron chi connectivity index (χ0n) is 21.4. The molecule has 0 saturated heterocycles. The van der Waals surface area contributed by atoms with Gasteiger partial charge < -0.3 is 15.0 Å². The normalized spacial score (nSPS) is 17.6. The van der Waals surface area contributed by atoms with Crippen LogP contribution in [0.3, 0.4) is 0 Å². The van der Waals surface area contributed by atoms with Crippen molar-refractivity contribution in [1.82, 2.24) is 10.2 Å². The van der Waals surface area contributed by atoms with Crippen LogP contribution in [0.4, 0.5) is 0 Å². The first-order valence-corrected chi connectivity index (χ1v) is 14.2. The lowest BCUT2D eigenvalue weighted by Crippen LogP contribution is -2.44. The Kier molecular flexibility index (Phi) is 8.14. The number of hydrogen-bond donors (Lipinski definition) is 1. The SMILES string of the molecule is CCOc1ccc(-c2ccccc2)cc1CN(C(=O)c1sc2ccccc2c1Cl)[C@H]1CC[C@H](NC)CC1. The first kappa shape index (κ1) is 25.8. The minimum absolute atomic E-state index is 0.00618. The number of nitrogens with one attached hydrogen (secondary N) is 1. The minimum atomic E-state index is 0.00618. The van der Waals surface area contributed by atoms with Crippen LogP contribution in [-0.4, -0.2) is 36.5 Å². The Morgan fingerprint density at radius 2 is 1.73 bits per heavy atom. The number of ether oxygens (including phenoxy) is 1. The van der Waals surface area contributed by atoms with E-state index < -0.39 is 0 Å². The molecule has 5 rings (SSSR count). The van der Waals surface area contributed by atoms with Gasteiger partial charge in [-0.2, -0.15) is 0 Å². The summed E-state index contributed by atoms with van der Waals surface area (Å²) in [6, 6.07) is 25.3. The summed E-state index contributed by atoms with van der Waals surface area (Å²) in [5.74, 6) is 0.831. The number of fused-ring (bicyclic) bond motifs is 1. The molecule has 1 aromatic heterocycles. The highest BCUT2D eigenvalue weighted by molar-refractivity contribution is 7.21. The zero-order chi connectivity index (χ0) is 25.8. The molecule has 1 N–H and O–H groups in total. The molecule has 3 aromatic carbocycles. The first-order chi connectivity index (χ1) is 18.1. The van der Waals surface area contributed by atoms with Crippen molar-refractivity contribution in [2.24, 2.45) is 0 Å². The van der Waals surface area contributed by atoms with Crippen LogP contribution < -0.4 is 10.1 Å². The number of nitrogens with zero attached hydrogens (tertiary/aromatic N) is 1. The monoisotopic (exact) mass is 532 g/mol. The maximum Gasteiger partial charge on any atom is 0.266 e. The Balaban J connectivity index is 1.53. The van der Waals surface area contributed by atoms with Crippen molar-refractivity contribution >= 4 is 38.9 Å². The van der Waals surface area contributed by atoms with Gasteiger partial charge in [0, 0.05) is 34.3 Å². The predicted octanol–water partition coefficient (Wildman–Crippen LogP) is 7.79. The van der Waals surface area contributed by atoms with E-state index in [-0.39, 0.29) is 11.9 Å². The lowest BCUT2D eigenvalue weighted by Gasteiger charge is -2.37. The van der Waals surface area contributed by atoms with Gasteiger partial charge in [0.2, 0.25) is 0 Å². The van der Waals surface area contributed by atoms with Gasteiger partial charge in [-0.05, 0) is 69.0 Å². The molecule has 6 heteroatoms. The molecule has 1 aliphatic carbocycles. The van der Waals surface area contributed by atoms with Crippen molar-refractivity contribution in [1.29, 1.82) is 0 Å². The number of carbonyl (C=O) groups is 1. The van der Waals surface area contributed by atoms with Crippen LogP contribution in [0.25, 0.3) is 21.2 Å². The van der Waals surface area contributed by atoms with E-state index in [0.717, 1.165) is 58.2 Å². The molecule has 1 aliphatic rings. The standard InChI is InChI=1S/C31H33ClN2O2S/c1-3-36-27-18-13-22(21-9-5-4-6-10-21)19-23(27)20-34(25-16-14-24(33-2)15-17-25)31(35)30-29(32)26-11-7-8-12-28(26)37-30/h4-13,18-19,24-25,33H,3,14-17,20H2,1-2H3/t24-,25-. The van der Waals surface area contributed by atoms with Gasteiger partial charge in [0.15, 0.2) is 0 Å². The molecule has 4 aromatic rings. The van der Waals surface area contributed by atoms with Crippen LogP contribution in [0.15, 0.2) is 72.8 Å². The van der Waals surface area contributed by atoms with E-state index in [4.69, 9.17) is 16.3 Å². The molecule has 37 heavy (non-hydrogen) atoms. The summed E-state index contributed by atoms with van der Waals surface area (Å²) in [7, 11) is 2.02. The van der Waals surface area contributed by atoms with Gasteiger partial charge in [-0.3, -0.25) is 4.79 Å². The van der Waals surface area contributed by atoms with Gasteiger partial charge in [-0.1, -0.05) is 66.2 Å². The summed E-state index contributed by atoms with van der Waals surface area (Å²) >= 11 is 8.29. The van der Waals surface area contributed by atoms with Crippen molar-refractivity contribution in [3.63, 3.8) is 0 Å². The lowest BCUT2D eigenvalue weighted by molar-refractivity contribution is 0.0604. The van der Waals surface area contributed by atoms with Gasteiger partial charge >= 0.3 is 0 Å². The van der Waals surface area contributed by atoms with E-state index in [2.05, 4.69) is 34.5 Å². The summed E-state index contributed by atoms with van der Waals surface area (Å²) in [5.41, 5.74) is 3.28. The fourth-order valence-electron chi connectivity index (χ4n) is 5.32. The molecule has 1 fully saturated rings. The number of amides is 1. The van der Waals surface area contributed by atoms with Crippen molar-refractivity contribution in [3.05, 3.63) is 88.3 Å². The van der Waals surface area contributed by atoms with Crippen molar-refractivity contribution in [2.45, 2.75) is 51.2 Å². The van der Waals surface area contributed by atoms with E-state index in [1.807, 2.05) is 62.5 Å². The second-order valence-electron chi connectivity index (χ2n) is 9.59. The first-order valence-electron chi connectivity index (χ1n) is 13.1. The molecule has 0 radical (unpaired) electrons. The van der Waals surface area contributed by atoms with E-state index in [1.54, 1.807) is 0 Å². The third-order valence-electron chi connectivity index (χ3n) is 7.34. The number of halogens is 1. The van der Waals surface area contributed by atoms with Crippen LogP contribution in [0.1, 0.15) is 47.8 Å². The van der Waals surface area contributed by atoms with Crippen LogP contribution in [0.5, 0.6) is 5.75 Å². The van der Waals surface area contributed by atoms with Gasteiger partial charge in [0.25, 0.3) is 5.91 Å². The van der Waals surface area contributed by atoms with Crippen LogP contribution in [-0.2, 0) is 6.54 Å². The summed E-state index contributed by atoms with van der Waals surface area (Å²) in [5, 5.41) is 4.91. The molecule has 1 heterocycles. The highest BCUT2D eigenvalue weighted by atomic mass is 35.5. The van der Waals surface area contributed by atoms with Gasteiger partial charge in [-0.15, -0.1) is 11.3 Å². The smallest absolute Gasteiger partial charge is 0.266 e. The van der Waals surface area contributed by atoms with Gasteiger partial charge in [0.05, 0.1) is 11.6 Å². The number of thiophene rings is 1. The molecule has 1 amide bonds. The molecule has 0 aliphatic heterocycles. The zero-order valence-corrected chi connectivity index (χ0v) is 22.9. The van der Waals surface area contributed by atoms with Crippen LogP contribution >= 0.6 is 22.9 Å². The molecule has 0 bridgehead atoms. The molecule has 192 valence electrons. The van der Waals surface area contributed by atoms with E-state index in [9.17, 15) is 4.79 Å². The molecule has 0 unspecified atom stereocenters. The third kappa shape index (κ3) is 5.54. The largest absolute Gasteiger partial charge is 0.494 e. The molecular weight excluding hydrogens is 500 g/mol. The molecular formula is C31H33ClN2O2S. The fourth-order valence-corrected chi connectivity index (χ4v) is 6.79. The predicted molar refractivity (Wildman–Crippen MR) is 155 cm³/mol. The Labute approximate surface area is 228 Å². The summed E-state index contributed by atoms with van der Waals surface area (Å²) < 4.78 is 7.07. The van der Waals surface area contributed by atoms with Crippen LogP contribution in [0, 0.1) is 0 Å². The molecule has 4 nitrogen and oxygen atoms in total. The summed E-state index contributed by atoms with van der Waals surface area (Å²) in [6.07, 6.45) is 4.02. The van der Waals surface area contributed by atoms with Gasteiger partial charge in [0.1, 0.15) is 10.6 Å². The number of carbonyl (C=O) groups excluding carboxylic acids is 1. The average molecular weight is 533 g/mol. The second kappa shape index (κ2) is 11.7. The Hall–Kier alpha value is -2.86. The Morgan fingerprint density at radius 1 is 1.00 bits per heavy atom. The summed E-state index contributed by atoms with van der Waals surface area (Å²) in [6.45, 7) is 3.04. The lowest BCUT2D eigenvalue weighted by atomic mass is 9.89. The molecule has 0 atom stereocenters. The molecule has 1 saturated carbocycles. The topological polar surface area (TPSA) is 41.6 Å². The Morgan fingerprint density at radius 3 is 2.43 bits per heavy atom. The maximum atomic E-state index is 14.2. The maximum absolute atomic E-state index is 14.2. The number of benzene rings is 3. The summed E-state index contributed by atoms with van der Waals surface area (Å²) in [4.78, 5) is 16.9. The average Bonchev–Trinajstić information content (AvgIpc) is 3.29. The van der Waals surface area contributed by atoms with E-state index >= 15 is 0 Å². The van der Waals surface area contributed by atoms with E-state index in [1.165, 1.54) is 11.3 Å². The third-order valence-corrected chi connectivity index (χ3v) is 9.01. The number of hydrogen-bond acceptors (Lipinski definition) is 4. The quantitative estimate of drug-likeness (QED) is 0.252. The number of rotatable bonds is 8.